The normalized spacial score (nSPS) is 12.5. The van der Waals surface area contributed by atoms with Crippen molar-refractivity contribution in [2.24, 2.45) is 0 Å². The van der Waals surface area contributed by atoms with Crippen LogP contribution in [0.3, 0.4) is 0 Å². The monoisotopic (exact) mass is 304 g/mol. The van der Waals surface area contributed by atoms with Crippen LogP contribution in [0.15, 0.2) is 12.1 Å². The standard InChI is InChI=1S/C11H10F2N2O4S/c1-2-6(5-14)20(18,19)15-10-4-9(13)8(12)3-7(10)11(16)17/h3-4,6,15H,2H2,1H3,(H,16,17). The van der Waals surface area contributed by atoms with Crippen molar-refractivity contribution in [3.63, 3.8) is 0 Å². The van der Waals surface area contributed by atoms with Gasteiger partial charge in [-0.3, -0.25) is 4.72 Å². The minimum absolute atomic E-state index is 0.0437. The first-order chi connectivity index (χ1) is 9.22. The van der Waals surface area contributed by atoms with Crippen LogP contribution in [-0.4, -0.2) is 24.7 Å². The molecule has 0 radical (unpaired) electrons. The van der Waals surface area contributed by atoms with Crippen LogP contribution < -0.4 is 4.72 Å². The quantitative estimate of drug-likeness (QED) is 0.861. The first kappa shape index (κ1) is 15.8. The van der Waals surface area contributed by atoms with Crippen molar-refractivity contribution in [1.29, 1.82) is 5.26 Å². The van der Waals surface area contributed by atoms with Crippen LogP contribution in [-0.2, 0) is 10.0 Å². The van der Waals surface area contributed by atoms with E-state index in [-0.39, 0.29) is 6.42 Å². The molecule has 0 heterocycles. The zero-order valence-electron chi connectivity index (χ0n) is 10.2. The lowest BCUT2D eigenvalue weighted by Crippen LogP contribution is -2.27. The van der Waals surface area contributed by atoms with E-state index >= 15 is 0 Å². The molecule has 0 bridgehead atoms. The van der Waals surface area contributed by atoms with Crippen LogP contribution in [0.25, 0.3) is 0 Å². The molecule has 1 aromatic carbocycles. The van der Waals surface area contributed by atoms with E-state index in [2.05, 4.69) is 0 Å². The number of nitrogens with zero attached hydrogens (tertiary/aromatic N) is 1. The van der Waals surface area contributed by atoms with E-state index in [0.29, 0.717) is 12.1 Å². The Hall–Kier alpha value is -2.21. The van der Waals surface area contributed by atoms with E-state index in [0.717, 1.165) is 0 Å². The van der Waals surface area contributed by atoms with Crippen molar-refractivity contribution >= 4 is 21.7 Å². The van der Waals surface area contributed by atoms with Gasteiger partial charge in [-0.25, -0.2) is 22.0 Å². The Labute approximate surface area is 113 Å². The molecule has 0 saturated carbocycles. The van der Waals surface area contributed by atoms with Crippen LogP contribution in [0, 0.1) is 23.0 Å². The lowest BCUT2D eigenvalue weighted by atomic mass is 10.2. The highest BCUT2D eigenvalue weighted by molar-refractivity contribution is 7.93. The summed E-state index contributed by atoms with van der Waals surface area (Å²) in [6.45, 7) is 1.44. The Balaban J connectivity index is 3.32. The number of sulfonamides is 1. The molecule has 0 aliphatic carbocycles. The van der Waals surface area contributed by atoms with E-state index in [1.165, 1.54) is 13.0 Å². The second-order valence-electron chi connectivity index (χ2n) is 3.79. The number of anilines is 1. The molecule has 20 heavy (non-hydrogen) atoms. The van der Waals surface area contributed by atoms with Crippen LogP contribution in [0.1, 0.15) is 23.7 Å². The summed E-state index contributed by atoms with van der Waals surface area (Å²) in [6, 6.07) is 2.30. The Morgan fingerprint density at radius 3 is 2.45 bits per heavy atom. The third kappa shape index (κ3) is 3.21. The summed E-state index contributed by atoms with van der Waals surface area (Å²) in [5.41, 5.74) is -1.38. The van der Waals surface area contributed by atoms with Crippen molar-refractivity contribution in [3.8, 4) is 6.07 Å². The van der Waals surface area contributed by atoms with Gasteiger partial charge in [0.05, 0.1) is 17.3 Å². The topological polar surface area (TPSA) is 107 Å². The van der Waals surface area contributed by atoms with Crippen LogP contribution in [0.5, 0.6) is 0 Å². The fourth-order valence-electron chi connectivity index (χ4n) is 1.41. The van der Waals surface area contributed by atoms with Gasteiger partial charge >= 0.3 is 5.97 Å². The van der Waals surface area contributed by atoms with Gasteiger partial charge < -0.3 is 5.11 Å². The minimum Gasteiger partial charge on any atom is -0.478 e. The van der Waals surface area contributed by atoms with Gasteiger partial charge in [0.15, 0.2) is 16.9 Å². The first-order valence-electron chi connectivity index (χ1n) is 5.36. The zero-order valence-corrected chi connectivity index (χ0v) is 11.0. The maximum absolute atomic E-state index is 13.1. The summed E-state index contributed by atoms with van der Waals surface area (Å²) in [7, 11) is -4.22. The van der Waals surface area contributed by atoms with Crippen LogP contribution in [0.4, 0.5) is 14.5 Å². The fraction of sp³-hybridized carbons (Fsp3) is 0.273. The fourth-order valence-corrected chi connectivity index (χ4v) is 2.61. The highest BCUT2D eigenvalue weighted by Crippen LogP contribution is 2.22. The number of benzene rings is 1. The molecule has 108 valence electrons. The van der Waals surface area contributed by atoms with E-state index in [1.807, 2.05) is 0 Å². The van der Waals surface area contributed by atoms with E-state index < -0.39 is 44.1 Å². The smallest absolute Gasteiger partial charge is 0.337 e. The molecule has 0 aliphatic rings. The van der Waals surface area contributed by atoms with Gasteiger partial charge in [0.1, 0.15) is 0 Å². The Morgan fingerprint density at radius 1 is 1.45 bits per heavy atom. The molecule has 6 nitrogen and oxygen atoms in total. The number of carboxylic acids is 1. The van der Waals surface area contributed by atoms with Crippen molar-refractivity contribution in [2.75, 3.05) is 4.72 Å². The van der Waals surface area contributed by atoms with Gasteiger partial charge in [-0.05, 0) is 12.5 Å². The van der Waals surface area contributed by atoms with Crippen LogP contribution >= 0.6 is 0 Å². The number of nitrogens with one attached hydrogen (secondary N) is 1. The largest absolute Gasteiger partial charge is 0.478 e. The SMILES string of the molecule is CCC(C#N)S(=O)(=O)Nc1cc(F)c(F)cc1C(=O)O. The zero-order chi connectivity index (χ0) is 15.5. The molecule has 1 unspecified atom stereocenters. The minimum atomic E-state index is -4.22. The maximum Gasteiger partial charge on any atom is 0.337 e. The lowest BCUT2D eigenvalue weighted by molar-refractivity contribution is 0.0697. The Kier molecular flexibility index (Phi) is 4.62. The van der Waals surface area contributed by atoms with E-state index in [4.69, 9.17) is 10.4 Å². The molecule has 0 amide bonds. The average molecular weight is 304 g/mol. The molecule has 0 spiro atoms. The number of hydrogen-bond acceptors (Lipinski definition) is 4. The second-order valence-corrected chi connectivity index (χ2v) is 5.65. The summed E-state index contributed by atoms with van der Waals surface area (Å²) < 4.78 is 51.5. The molecule has 1 atom stereocenters. The van der Waals surface area contributed by atoms with Gasteiger partial charge in [-0.1, -0.05) is 6.92 Å². The molecule has 0 aromatic heterocycles. The molecule has 0 aliphatic heterocycles. The Morgan fingerprint density at radius 2 is 2.00 bits per heavy atom. The predicted molar refractivity (Wildman–Crippen MR) is 65.6 cm³/mol. The summed E-state index contributed by atoms with van der Waals surface area (Å²) in [5.74, 6) is -4.46. The van der Waals surface area contributed by atoms with Gasteiger partial charge in [0.2, 0.25) is 10.0 Å². The first-order valence-corrected chi connectivity index (χ1v) is 6.91. The third-order valence-electron chi connectivity index (χ3n) is 2.43. The van der Waals surface area contributed by atoms with Crippen molar-refractivity contribution in [3.05, 3.63) is 29.3 Å². The number of rotatable bonds is 5. The van der Waals surface area contributed by atoms with Gasteiger partial charge in [-0.15, -0.1) is 0 Å². The average Bonchev–Trinajstić information content (AvgIpc) is 2.33. The molecule has 9 heteroatoms. The number of aromatic carboxylic acids is 1. The third-order valence-corrected chi connectivity index (χ3v) is 4.12. The summed E-state index contributed by atoms with van der Waals surface area (Å²) in [5, 5.41) is 16.1. The Bertz CT molecular complexity index is 682. The summed E-state index contributed by atoms with van der Waals surface area (Å²) in [4.78, 5) is 10.9. The predicted octanol–water partition coefficient (Wildman–Crippen LogP) is 1.71. The molecule has 0 saturated heterocycles. The summed E-state index contributed by atoms with van der Waals surface area (Å²) in [6.07, 6.45) is -0.0437. The van der Waals surface area contributed by atoms with Gasteiger partial charge in [0.25, 0.3) is 0 Å². The van der Waals surface area contributed by atoms with Crippen molar-refractivity contribution < 1.29 is 27.1 Å². The maximum atomic E-state index is 13.1. The molecule has 0 fully saturated rings. The molecule has 1 rings (SSSR count). The second kappa shape index (κ2) is 5.83. The lowest BCUT2D eigenvalue weighted by Gasteiger charge is -2.13. The molecule has 1 aromatic rings. The van der Waals surface area contributed by atoms with E-state index in [1.54, 1.807) is 4.72 Å². The molecule has 2 N–H and O–H groups in total. The van der Waals surface area contributed by atoms with Crippen molar-refractivity contribution in [1.82, 2.24) is 0 Å². The molecular weight excluding hydrogens is 294 g/mol. The molecular formula is C11H10F2N2O4S. The number of nitriles is 1. The number of carboxylic acid groups (broad SMARTS) is 1. The van der Waals surface area contributed by atoms with Crippen LogP contribution in [0.2, 0.25) is 0 Å². The number of carbonyl (C=O) groups is 1. The number of hydrogen-bond donors (Lipinski definition) is 2. The van der Waals surface area contributed by atoms with Gasteiger partial charge in [-0.2, -0.15) is 5.26 Å². The summed E-state index contributed by atoms with van der Waals surface area (Å²) >= 11 is 0. The van der Waals surface area contributed by atoms with E-state index in [9.17, 15) is 22.0 Å². The van der Waals surface area contributed by atoms with Gasteiger partial charge in [0, 0.05) is 6.07 Å². The number of halogens is 2. The highest BCUT2D eigenvalue weighted by atomic mass is 32.2. The highest BCUT2D eigenvalue weighted by Gasteiger charge is 2.26. The van der Waals surface area contributed by atoms with Crippen molar-refractivity contribution in [2.45, 2.75) is 18.6 Å².